The molecular formula is C22H30N6. The first kappa shape index (κ1) is 20.4. The highest BCUT2D eigenvalue weighted by Gasteiger charge is 2.64. The van der Waals surface area contributed by atoms with Crippen LogP contribution in [-0.2, 0) is 0 Å². The van der Waals surface area contributed by atoms with Crippen molar-refractivity contribution in [2.75, 3.05) is 26.2 Å². The van der Waals surface area contributed by atoms with Gasteiger partial charge in [0.15, 0.2) is 5.41 Å². The van der Waals surface area contributed by atoms with E-state index in [-0.39, 0.29) is 11.6 Å². The Hall–Kier alpha value is -2.33. The zero-order chi connectivity index (χ0) is 20.7. The molecule has 3 rings (SSSR count). The SMILES string of the molecule is CC(C)N1CCC2(CC1)C1CN(C(C)C)CC=C1C(C#N)=C(N)C2(C#N)C#N. The fourth-order valence-electron chi connectivity index (χ4n) is 5.46. The third kappa shape index (κ3) is 2.66. The van der Waals surface area contributed by atoms with Gasteiger partial charge in [-0.15, -0.1) is 0 Å². The molecule has 0 saturated carbocycles. The first-order chi connectivity index (χ1) is 13.3. The van der Waals surface area contributed by atoms with Crippen LogP contribution < -0.4 is 5.73 Å². The maximum atomic E-state index is 10.2. The molecule has 1 saturated heterocycles. The van der Waals surface area contributed by atoms with E-state index >= 15 is 0 Å². The topological polar surface area (TPSA) is 104 Å². The van der Waals surface area contributed by atoms with Crippen LogP contribution in [0.4, 0.5) is 0 Å². The predicted molar refractivity (Wildman–Crippen MR) is 107 cm³/mol. The van der Waals surface area contributed by atoms with Crippen LogP contribution in [0.2, 0.25) is 0 Å². The van der Waals surface area contributed by atoms with Crippen LogP contribution in [0, 0.1) is 50.7 Å². The lowest BCUT2D eigenvalue weighted by molar-refractivity contribution is -0.0212. The van der Waals surface area contributed by atoms with Gasteiger partial charge in [0, 0.05) is 36.5 Å². The van der Waals surface area contributed by atoms with Gasteiger partial charge in [-0.25, -0.2) is 0 Å². The van der Waals surface area contributed by atoms with Crippen LogP contribution in [0.3, 0.4) is 0 Å². The summed E-state index contributed by atoms with van der Waals surface area (Å²) in [5.41, 5.74) is 5.89. The van der Waals surface area contributed by atoms with Crippen LogP contribution >= 0.6 is 0 Å². The number of rotatable bonds is 2. The molecule has 148 valence electrons. The maximum Gasteiger partial charge on any atom is 0.190 e. The summed E-state index contributed by atoms with van der Waals surface area (Å²) in [4.78, 5) is 4.76. The average Bonchev–Trinajstić information content (AvgIpc) is 2.69. The van der Waals surface area contributed by atoms with E-state index in [0.717, 1.165) is 44.6 Å². The van der Waals surface area contributed by atoms with E-state index in [0.29, 0.717) is 17.7 Å². The summed E-state index contributed by atoms with van der Waals surface area (Å²) in [6.07, 6.45) is 3.58. The molecular weight excluding hydrogens is 348 g/mol. The molecule has 28 heavy (non-hydrogen) atoms. The number of piperidine rings is 1. The minimum Gasteiger partial charge on any atom is -0.399 e. The van der Waals surface area contributed by atoms with Crippen molar-refractivity contribution >= 4 is 0 Å². The quantitative estimate of drug-likeness (QED) is 0.792. The monoisotopic (exact) mass is 378 g/mol. The van der Waals surface area contributed by atoms with Crippen LogP contribution in [0.15, 0.2) is 22.9 Å². The lowest BCUT2D eigenvalue weighted by atomic mass is 9.47. The highest BCUT2D eigenvalue weighted by Crippen LogP contribution is 2.61. The van der Waals surface area contributed by atoms with Gasteiger partial charge in [0.05, 0.1) is 23.4 Å². The van der Waals surface area contributed by atoms with Gasteiger partial charge < -0.3 is 10.6 Å². The number of fused-ring (bicyclic) bond motifs is 2. The van der Waals surface area contributed by atoms with E-state index in [1.54, 1.807) is 0 Å². The maximum absolute atomic E-state index is 10.2. The van der Waals surface area contributed by atoms with Gasteiger partial charge in [-0.1, -0.05) is 6.08 Å². The summed E-state index contributed by atoms with van der Waals surface area (Å²) in [5, 5.41) is 30.3. The predicted octanol–water partition coefficient (Wildman–Crippen LogP) is 2.53. The minimum absolute atomic E-state index is 0.0285. The van der Waals surface area contributed by atoms with Crippen molar-refractivity contribution in [1.82, 2.24) is 9.80 Å². The molecule has 0 aromatic heterocycles. The molecule has 1 atom stereocenters. The van der Waals surface area contributed by atoms with E-state index in [1.165, 1.54) is 0 Å². The fraction of sp³-hybridized carbons (Fsp3) is 0.682. The van der Waals surface area contributed by atoms with Crippen molar-refractivity contribution < 1.29 is 0 Å². The number of hydrogen-bond donors (Lipinski definition) is 1. The van der Waals surface area contributed by atoms with Crippen LogP contribution in [0.1, 0.15) is 40.5 Å². The van der Waals surface area contributed by atoms with Crippen molar-refractivity contribution in [2.24, 2.45) is 22.5 Å². The van der Waals surface area contributed by atoms with Crippen molar-refractivity contribution in [1.29, 1.82) is 15.8 Å². The smallest absolute Gasteiger partial charge is 0.190 e. The largest absolute Gasteiger partial charge is 0.399 e. The van der Waals surface area contributed by atoms with Crippen molar-refractivity contribution in [3.05, 3.63) is 22.9 Å². The summed E-state index contributed by atoms with van der Waals surface area (Å²) < 4.78 is 0. The van der Waals surface area contributed by atoms with Crippen molar-refractivity contribution in [3.63, 3.8) is 0 Å². The molecule has 0 bridgehead atoms. The summed E-state index contributed by atoms with van der Waals surface area (Å²) >= 11 is 0. The van der Waals surface area contributed by atoms with Gasteiger partial charge in [0.2, 0.25) is 0 Å². The Morgan fingerprint density at radius 2 is 1.61 bits per heavy atom. The van der Waals surface area contributed by atoms with Gasteiger partial charge in [0.25, 0.3) is 0 Å². The van der Waals surface area contributed by atoms with E-state index < -0.39 is 10.8 Å². The van der Waals surface area contributed by atoms with Crippen LogP contribution in [-0.4, -0.2) is 48.1 Å². The molecule has 2 N–H and O–H groups in total. The molecule has 0 amide bonds. The van der Waals surface area contributed by atoms with Crippen LogP contribution in [0.25, 0.3) is 0 Å². The van der Waals surface area contributed by atoms with E-state index in [2.05, 4.69) is 61.8 Å². The number of nitriles is 3. The number of nitrogens with zero attached hydrogens (tertiary/aromatic N) is 5. The molecule has 2 aliphatic heterocycles. The molecule has 1 aliphatic carbocycles. The van der Waals surface area contributed by atoms with Gasteiger partial charge in [-0.05, 0) is 59.2 Å². The minimum atomic E-state index is -1.46. The Bertz CT molecular complexity index is 807. The molecule has 1 spiro atoms. The van der Waals surface area contributed by atoms with E-state index in [4.69, 9.17) is 5.73 Å². The normalized spacial score (nSPS) is 27.1. The Kier molecular flexibility index (Phi) is 5.28. The molecule has 1 fully saturated rings. The highest BCUT2D eigenvalue weighted by atomic mass is 15.2. The second-order valence-corrected chi connectivity index (χ2v) is 8.92. The summed E-state index contributed by atoms with van der Waals surface area (Å²) in [7, 11) is 0. The molecule has 0 radical (unpaired) electrons. The standard InChI is InChI=1S/C22H30N6/c1-15(2)27-9-6-21(7-10-27)19-12-28(16(3)4)8-5-17(19)18(11-23)20(26)22(21,13-24)14-25/h5,15-16,19H,6-10,12,26H2,1-4H3. The van der Waals surface area contributed by atoms with Crippen molar-refractivity contribution in [2.45, 2.75) is 52.6 Å². The molecule has 0 aromatic rings. The van der Waals surface area contributed by atoms with Gasteiger partial charge in [-0.2, -0.15) is 15.8 Å². The second kappa shape index (κ2) is 7.25. The molecule has 1 unspecified atom stereocenters. The molecule has 2 heterocycles. The second-order valence-electron chi connectivity index (χ2n) is 8.92. The first-order valence-corrected chi connectivity index (χ1v) is 10.2. The zero-order valence-corrected chi connectivity index (χ0v) is 17.4. The average molecular weight is 379 g/mol. The third-order valence-electron chi connectivity index (χ3n) is 7.31. The van der Waals surface area contributed by atoms with Gasteiger partial charge >= 0.3 is 0 Å². The van der Waals surface area contributed by atoms with E-state index in [9.17, 15) is 15.8 Å². The first-order valence-electron chi connectivity index (χ1n) is 10.2. The molecule has 6 nitrogen and oxygen atoms in total. The highest BCUT2D eigenvalue weighted by molar-refractivity contribution is 5.58. The summed E-state index contributed by atoms with van der Waals surface area (Å²) in [6, 6.07) is 7.62. The Balaban J connectivity index is 2.20. The lowest BCUT2D eigenvalue weighted by Crippen LogP contribution is -2.61. The Morgan fingerprint density at radius 1 is 1.04 bits per heavy atom. The summed E-state index contributed by atoms with van der Waals surface area (Å²) in [6.45, 7) is 11.9. The van der Waals surface area contributed by atoms with Gasteiger partial charge in [0.1, 0.15) is 6.07 Å². The van der Waals surface area contributed by atoms with E-state index in [1.807, 2.05) is 0 Å². The number of likely N-dealkylation sites (tertiary alicyclic amines) is 1. The van der Waals surface area contributed by atoms with Crippen LogP contribution in [0.5, 0.6) is 0 Å². The number of nitrogens with two attached hydrogens (primary N) is 1. The Labute approximate surface area is 168 Å². The fourth-order valence-corrected chi connectivity index (χ4v) is 5.46. The summed E-state index contributed by atoms with van der Waals surface area (Å²) in [5.74, 6) is -0.0285. The van der Waals surface area contributed by atoms with Gasteiger partial charge in [-0.3, -0.25) is 4.90 Å². The lowest BCUT2D eigenvalue weighted by Gasteiger charge is -2.57. The van der Waals surface area contributed by atoms with Crippen molar-refractivity contribution in [3.8, 4) is 18.2 Å². The Morgan fingerprint density at radius 3 is 2.07 bits per heavy atom. The molecule has 6 heteroatoms. The third-order valence-corrected chi connectivity index (χ3v) is 7.31. The number of allylic oxidation sites excluding steroid dienone is 2. The number of hydrogen-bond acceptors (Lipinski definition) is 6. The zero-order valence-electron chi connectivity index (χ0n) is 17.4. The molecule has 3 aliphatic rings. The molecule has 0 aromatic carbocycles.